The molecule has 1 atom stereocenters. The van der Waals surface area contributed by atoms with Gasteiger partial charge in [0, 0.05) is 17.7 Å². The van der Waals surface area contributed by atoms with Crippen LogP contribution >= 0.6 is 0 Å². The Labute approximate surface area is 159 Å². The number of nitrogens with zero attached hydrogens (tertiary/aromatic N) is 1. The van der Waals surface area contributed by atoms with Crippen LogP contribution < -0.4 is 11.5 Å². The van der Waals surface area contributed by atoms with Gasteiger partial charge in [0.25, 0.3) is 0 Å². The lowest BCUT2D eigenvalue weighted by Gasteiger charge is -2.29. The largest absolute Gasteiger partial charge is 0.463 e. The summed E-state index contributed by atoms with van der Waals surface area (Å²) in [6.07, 6.45) is 2.94. The molecule has 0 spiro atoms. The number of carbonyl (C=O) groups excluding carboxylic acids is 1. The van der Waals surface area contributed by atoms with Gasteiger partial charge in [-0.05, 0) is 29.7 Å². The molecule has 0 saturated carbocycles. The second kappa shape index (κ2) is 8.08. The average Bonchev–Trinajstić information content (AvgIpc) is 2.67. The average molecular weight is 363 g/mol. The van der Waals surface area contributed by atoms with Crippen molar-refractivity contribution in [2.75, 3.05) is 6.61 Å². The zero-order valence-electron chi connectivity index (χ0n) is 15.7. The van der Waals surface area contributed by atoms with E-state index in [1.54, 1.807) is 6.92 Å². The van der Waals surface area contributed by atoms with E-state index in [2.05, 4.69) is 4.99 Å². The summed E-state index contributed by atoms with van der Waals surface area (Å²) in [7, 11) is 0. The molecule has 0 fully saturated rings. The normalized spacial score (nSPS) is 18.7. The second-order valence-corrected chi connectivity index (χ2v) is 6.45. The predicted octanol–water partition coefficient (Wildman–Crippen LogP) is 3.75. The Morgan fingerprint density at radius 1 is 1.19 bits per heavy atom. The first-order valence-corrected chi connectivity index (χ1v) is 9.26. The molecule has 3 rings (SSSR count). The molecule has 0 amide bonds. The monoisotopic (exact) mass is 363 g/mol. The van der Waals surface area contributed by atoms with E-state index < -0.39 is 5.92 Å². The third kappa shape index (κ3) is 3.45. The quantitative estimate of drug-likeness (QED) is 0.792. The topological polar surface area (TPSA) is 90.7 Å². The number of esters is 1. The summed E-state index contributed by atoms with van der Waals surface area (Å²) in [6.45, 7) is 4.14. The fraction of sp³-hybridized carbons (Fsp3) is 0.273. The molecule has 0 aromatic heterocycles. The van der Waals surface area contributed by atoms with Crippen LogP contribution in [0.3, 0.4) is 0 Å². The number of aliphatic imine (C=N–C) groups is 1. The number of benzene rings is 2. The van der Waals surface area contributed by atoms with Gasteiger partial charge in [-0.3, -0.25) is 0 Å². The summed E-state index contributed by atoms with van der Waals surface area (Å²) in [5, 5.41) is 2.14. The Balaban J connectivity index is 2.30. The van der Waals surface area contributed by atoms with E-state index in [-0.39, 0.29) is 5.97 Å². The van der Waals surface area contributed by atoms with Crippen molar-refractivity contribution < 1.29 is 9.53 Å². The van der Waals surface area contributed by atoms with E-state index in [0.717, 1.165) is 22.8 Å². The molecule has 1 heterocycles. The minimum atomic E-state index is -0.404. The minimum absolute atomic E-state index is 0.296. The molecule has 1 unspecified atom stereocenters. The molecule has 1 aliphatic heterocycles. The molecular formula is C22H25N3O2. The Bertz CT molecular complexity index is 952. The van der Waals surface area contributed by atoms with Gasteiger partial charge in [-0.1, -0.05) is 55.8 Å². The SMILES string of the molecule is CCCC1=C(C(=O)OCC)C(c2cccc3ccccc23)/C(=C/N)C(N)=N1. The molecule has 0 radical (unpaired) electrons. The lowest BCUT2D eigenvalue weighted by atomic mass is 9.79. The van der Waals surface area contributed by atoms with Crippen molar-refractivity contribution in [2.45, 2.75) is 32.6 Å². The summed E-state index contributed by atoms with van der Waals surface area (Å²) in [5.74, 6) is -0.416. The van der Waals surface area contributed by atoms with Crippen LogP contribution in [0.2, 0.25) is 0 Å². The van der Waals surface area contributed by atoms with Crippen LogP contribution in [0.4, 0.5) is 0 Å². The van der Waals surface area contributed by atoms with Gasteiger partial charge >= 0.3 is 5.97 Å². The van der Waals surface area contributed by atoms with Crippen molar-refractivity contribution in [2.24, 2.45) is 16.5 Å². The number of amidine groups is 1. The van der Waals surface area contributed by atoms with Crippen molar-refractivity contribution in [3.8, 4) is 0 Å². The molecule has 0 bridgehead atoms. The maximum Gasteiger partial charge on any atom is 0.336 e. The minimum Gasteiger partial charge on any atom is -0.463 e. The van der Waals surface area contributed by atoms with E-state index in [0.29, 0.717) is 35.7 Å². The molecule has 0 aliphatic carbocycles. The Kier molecular flexibility index (Phi) is 5.60. The van der Waals surface area contributed by atoms with Crippen LogP contribution in [0, 0.1) is 0 Å². The molecule has 2 aromatic rings. The lowest BCUT2D eigenvalue weighted by molar-refractivity contribution is -0.138. The molecule has 140 valence electrons. The molecule has 5 nitrogen and oxygen atoms in total. The van der Waals surface area contributed by atoms with Gasteiger partial charge in [-0.2, -0.15) is 0 Å². The first kappa shape index (κ1) is 18.7. The number of carbonyl (C=O) groups is 1. The maximum atomic E-state index is 12.9. The van der Waals surface area contributed by atoms with Gasteiger partial charge in [0.1, 0.15) is 5.84 Å². The number of hydrogen-bond donors (Lipinski definition) is 2. The molecule has 0 saturated heterocycles. The Morgan fingerprint density at radius 3 is 2.63 bits per heavy atom. The fourth-order valence-corrected chi connectivity index (χ4v) is 3.62. The van der Waals surface area contributed by atoms with Crippen LogP contribution in [0.1, 0.15) is 38.2 Å². The van der Waals surface area contributed by atoms with Crippen LogP contribution in [0.25, 0.3) is 10.8 Å². The van der Waals surface area contributed by atoms with Crippen LogP contribution in [-0.4, -0.2) is 18.4 Å². The Hall–Kier alpha value is -3.08. The highest BCUT2D eigenvalue weighted by molar-refractivity contribution is 6.07. The molecule has 1 aliphatic rings. The summed E-state index contributed by atoms with van der Waals surface area (Å²) in [6, 6.07) is 14.1. The highest BCUT2D eigenvalue weighted by atomic mass is 16.5. The molecule has 4 N–H and O–H groups in total. The highest BCUT2D eigenvalue weighted by Crippen LogP contribution is 2.41. The standard InChI is InChI=1S/C22H25N3O2/c1-3-8-18-20(22(26)27-4-2)19(17(13-23)21(24)25-18)16-12-7-10-14-9-5-6-11-15(14)16/h5-7,9-13,19H,3-4,8,23H2,1-2H3,(H2,24,25)/b17-13-. The van der Waals surface area contributed by atoms with Crippen molar-refractivity contribution in [3.05, 3.63) is 71.1 Å². The number of allylic oxidation sites excluding steroid dienone is 1. The number of rotatable bonds is 5. The molecule has 5 heteroatoms. The summed E-state index contributed by atoms with van der Waals surface area (Å²) < 4.78 is 5.37. The van der Waals surface area contributed by atoms with Gasteiger partial charge < -0.3 is 16.2 Å². The molecule has 27 heavy (non-hydrogen) atoms. The maximum absolute atomic E-state index is 12.9. The van der Waals surface area contributed by atoms with Gasteiger partial charge in [0.2, 0.25) is 0 Å². The number of nitrogens with two attached hydrogens (primary N) is 2. The first-order chi connectivity index (χ1) is 13.1. The smallest absolute Gasteiger partial charge is 0.336 e. The summed E-state index contributed by atoms with van der Waals surface area (Å²) in [5.41, 5.74) is 15.0. The van der Waals surface area contributed by atoms with Gasteiger partial charge in [0.05, 0.1) is 17.9 Å². The van der Waals surface area contributed by atoms with Crippen molar-refractivity contribution in [1.82, 2.24) is 0 Å². The molecule has 2 aromatic carbocycles. The summed E-state index contributed by atoms with van der Waals surface area (Å²) >= 11 is 0. The van der Waals surface area contributed by atoms with E-state index in [1.165, 1.54) is 6.20 Å². The second-order valence-electron chi connectivity index (χ2n) is 6.45. The van der Waals surface area contributed by atoms with Gasteiger partial charge in [-0.15, -0.1) is 0 Å². The predicted molar refractivity (Wildman–Crippen MR) is 109 cm³/mol. The number of fused-ring (bicyclic) bond motifs is 1. The third-order valence-corrected chi connectivity index (χ3v) is 4.76. The summed E-state index contributed by atoms with van der Waals surface area (Å²) in [4.78, 5) is 17.4. The fourth-order valence-electron chi connectivity index (χ4n) is 3.62. The Morgan fingerprint density at radius 2 is 1.93 bits per heavy atom. The highest BCUT2D eigenvalue weighted by Gasteiger charge is 2.35. The molecular weight excluding hydrogens is 338 g/mol. The van der Waals surface area contributed by atoms with E-state index in [4.69, 9.17) is 16.2 Å². The van der Waals surface area contributed by atoms with Gasteiger partial charge in [0.15, 0.2) is 0 Å². The first-order valence-electron chi connectivity index (χ1n) is 9.26. The van der Waals surface area contributed by atoms with Gasteiger partial charge in [-0.25, -0.2) is 9.79 Å². The van der Waals surface area contributed by atoms with Crippen molar-refractivity contribution >= 4 is 22.6 Å². The zero-order valence-corrected chi connectivity index (χ0v) is 15.7. The van der Waals surface area contributed by atoms with Crippen LogP contribution in [0.15, 0.2) is 70.5 Å². The van der Waals surface area contributed by atoms with Crippen molar-refractivity contribution in [3.63, 3.8) is 0 Å². The van der Waals surface area contributed by atoms with Crippen molar-refractivity contribution in [1.29, 1.82) is 0 Å². The lowest BCUT2D eigenvalue weighted by Crippen LogP contribution is -2.30. The number of hydrogen-bond acceptors (Lipinski definition) is 5. The third-order valence-electron chi connectivity index (χ3n) is 4.76. The zero-order chi connectivity index (χ0) is 19.4. The van der Waals surface area contributed by atoms with Crippen LogP contribution in [-0.2, 0) is 9.53 Å². The van der Waals surface area contributed by atoms with E-state index in [9.17, 15) is 4.79 Å². The van der Waals surface area contributed by atoms with E-state index in [1.807, 2.05) is 49.4 Å². The van der Waals surface area contributed by atoms with Crippen LogP contribution in [0.5, 0.6) is 0 Å². The number of ether oxygens (including phenoxy) is 1. The van der Waals surface area contributed by atoms with E-state index >= 15 is 0 Å².